The molecule has 11 rings (SSSR count). The van der Waals surface area contributed by atoms with Gasteiger partial charge in [-0.25, -0.2) is 0 Å². The summed E-state index contributed by atoms with van der Waals surface area (Å²) >= 11 is 0. The molecule has 0 fully saturated rings. The van der Waals surface area contributed by atoms with Crippen LogP contribution in [0, 0.1) is 0 Å². The zero-order chi connectivity index (χ0) is 33.5. The predicted octanol–water partition coefficient (Wildman–Crippen LogP) is 14.4. The van der Waals surface area contributed by atoms with Gasteiger partial charge in [0.05, 0.1) is 0 Å². The van der Waals surface area contributed by atoms with E-state index in [4.69, 9.17) is 4.42 Å². The largest absolute Gasteiger partial charge is 0.456 e. The van der Waals surface area contributed by atoms with Gasteiger partial charge < -0.3 is 4.42 Å². The fourth-order valence-electron chi connectivity index (χ4n) is 8.29. The first-order chi connectivity index (χ1) is 25.2. The minimum absolute atomic E-state index is 0.904. The maximum Gasteiger partial charge on any atom is 0.136 e. The van der Waals surface area contributed by atoms with Crippen LogP contribution in [0.25, 0.3) is 109 Å². The summed E-state index contributed by atoms with van der Waals surface area (Å²) in [6.45, 7) is 0. The Kier molecular flexibility index (Phi) is 6.02. The zero-order valence-electron chi connectivity index (χ0n) is 27.7. The third kappa shape index (κ3) is 4.42. The molecule has 1 aromatic heterocycles. The molecule has 1 heterocycles. The van der Waals surface area contributed by atoms with Gasteiger partial charge in [0, 0.05) is 10.8 Å². The standard InChI is InChI=1S/C50H30O/c1-3-11-39-32(8-1)10-7-15-41(39)37-22-25-46-45-24-21-35(28-49(45)51-50(46)29-37)34-18-16-31-17-19-36(27-38(31)26-34)47-30-48-40-12-4-2-9-33(40)20-23-44(48)42-13-5-6-14-43(42)47/h1-30H. The summed E-state index contributed by atoms with van der Waals surface area (Å²) in [5.74, 6) is 0. The van der Waals surface area contributed by atoms with E-state index < -0.39 is 0 Å². The van der Waals surface area contributed by atoms with Crippen molar-refractivity contribution in [1.82, 2.24) is 0 Å². The highest BCUT2D eigenvalue weighted by atomic mass is 16.3. The molecule has 1 heteroatoms. The number of fused-ring (bicyclic) bond motifs is 10. The van der Waals surface area contributed by atoms with Gasteiger partial charge in [-0.05, 0) is 130 Å². The summed E-state index contributed by atoms with van der Waals surface area (Å²) in [5.41, 5.74) is 8.99. The summed E-state index contributed by atoms with van der Waals surface area (Å²) < 4.78 is 6.56. The van der Waals surface area contributed by atoms with Crippen molar-refractivity contribution in [3.8, 4) is 33.4 Å². The van der Waals surface area contributed by atoms with Gasteiger partial charge in [0.25, 0.3) is 0 Å². The van der Waals surface area contributed by atoms with Crippen LogP contribution in [0.5, 0.6) is 0 Å². The molecular weight excluding hydrogens is 617 g/mol. The smallest absolute Gasteiger partial charge is 0.136 e. The molecule has 1 nitrogen and oxygen atoms in total. The first kappa shape index (κ1) is 28.2. The zero-order valence-corrected chi connectivity index (χ0v) is 27.7. The van der Waals surface area contributed by atoms with Crippen LogP contribution in [-0.2, 0) is 0 Å². The van der Waals surface area contributed by atoms with Crippen molar-refractivity contribution in [2.45, 2.75) is 0 Å². The van der Waals surface area contributed by atoms with E-state index >= 15 is 0 Å². The molecule has 0 aliphatic heterocycles. The highest BCUT2D eigenvalue weighted by molar-refractivity contribution is 6.21. The van der Waals surface area contributed by atoms with Gasteiger partial charge in [-0.3, -0.25) is 0 Å². The van der Waals surface area contributed by atoms with Crippen LogP contribution in [0.4, 0.5) is 0 Å². The Hall–Kier alpha value is -6.70. The second-order valence-electron chi connectivity index (χ2n) is 13.7. The molecular formula is C50H30O. The average molecular weight is 647 g/mol. The summed E-state index contributed by atoms with van der Waals surface area (Å²) in [6, 6.07) is 66.4. The van der Waals surface area contributed by atoms with Crippen LogP contribution in [0.3, 0.4) is 0 Å². The molecule has 0 saturated heterocycles. The molecule has 0 bridgehead atoms. The van der Waals surface area contributed by atoms with Gasteiger partial charge in [0.1, 0.15) is 11.2 Å². The molecule has 0 spiro atoms. The van der Waals surface area contributed by atoms with E-state index in [9.17, 15) is 0 Å². The van der Waals surface area contributed by atoms with Crippen molar-refractivity contribution in [2.75, 3.05) is 0 Å². The topological polar surface area (TPSA) is 13.1 Å². The van der Waals surface area contributed by atoms with Crippen molar-refractivity contribution in [3.05, 3.63) is 182 Å². The Morgan fingerprint density at radius 3 is 1.57 bits per heavy atom. The Bertz CT molecular complexity index is 3190. The lowest BCUT2D eigenvalue weighted by molar-refractivity contribution is 0.669. The Morgan fingerprint density at radius 1 is 0.235 bits per heavy atom. The predicted molar refractivity (Wildman–Crippen MR) is 218 cm³/mol. The maximum absolute atomic E-state index is 6.56. The molecule has 51 heavy (non-hydrogen) atoms. The van der Waals surface area contributed by atoms with E-state index in [1.807, 2.05) is 0 Å². The molecule has 236 valence electrons. The van der Waals surface area contributed by atoms with Crippen molar-refractivity contribution >= 4 is 75.8 Å². The third-order valence-corrected chi connectivity index (χ3v) is 10.8. The molecule has 0 unspecified atom stereocenters. The number of furan rings is 1. The van der Waals surface area contributed by atoms with Crippen molar-refractivity contribution in [2.24, 2.45) is 0 Å². The first-order valence-electron chi connectivity index (χ1n) is 17.6. The lowest BCUT2D eigenvalue weighted by atomic mass is 9.90. The minimum Gasteiger partial charge on any atom is -0.456 e. The van der Waals surface area contributed by atoms with E-state index in [0.717, 1.165) is 33.1 Å². The van der Waals surface area contributed by atoms with Gasteiger partial charge in [-0.2, -0.15) is 0 Å². The fraction of sp³-hybridized carbons (Fsp3) is 0. The SMILES string of the molecule is c1ccc2c(-c3ccc4c(c3)oc3cc(-c5ccc6ccc(-c7cc8c9ccccc9ccc8c8ccccc78)cc6c5)ccc34)cccc2c1. The first-order valence-corrected chi connectivity index (χ1v) is 17.6. The summed E-state index contributed by atoms with van der Waals surface area (Å²) in [7, 11) is 0. The van der Waals surface area contributed by atoms with Crippen LogP contribution < -0.4 is 0 Å². The second kappa shape index (κ2) is 10.9. The molecule has 0 aliphatic carbocycles. The van der Waals surface area contributed by atoms with E-state index in [0.29, 0.717) is 0 Å². The van der Waals surface area contributed by atoms with Crippen molar-refractivity contribution < 1.29 is 4.42 Å². The summed E-state index contributed by atoms with van der Waals surface area (Å²) in [5, 5.41) is 14.9. The van der Waals surface area contributed by atoms with Crippen LogP contribution in [0.2, 0.25) is 0 Å². The lowest BCUT2D eigenvalue weighted by Gasteiger charge is -2.14. The Labute approximate surface area is 294 Å². The number of rotatable bonds is 3. The highest BCUT2D eigenvalue weighted by Gasteiger charge is 2.14. The molecule has 0 N–H and O–H groups in total. The molecule has 0 amide bonds. The molecule has 0 saturated carbocycles. The Balaban J connectivity index is 1.02. The van der Waals surface area contributed by atoms with Gasteiger partial charge in [0.15, 0.2) is 0 Å². The quantitative estimate of drug-likeness (QED) is 0.174. The minimum atomic E-state index is 0.904. The van der Waals surface area contributed by atoms with E-state index in [1.54, 1.807) is 0 Å². The normalized spacial score (nSPS) is 11.9. The van der Waals surface area contributed by atoms with Crippen LogP contribution in [0.15, 0.2) is 186 Å². The van der Waals surface area contributed by atoms with Crippen molar-refractivity contribution in [3.63, 3.8) is 0 Å². The van der Waals surface area contributed by atoms with Crippen LogP contribution >= 0.6 is 0 Å². The molecule has 11 aromatic rings. The van der Waals surface area contributed by atoms with E-state index in [2.05, 4.69) is 182 Å². The fourth-order valence-corrected chi connectivity index (χ4v) is 8.29. The molecule has 0 atom stereocenters. The Morgan fingerprint density at radius 2 is 0.745 bits per heavy atom. The third-order valence-electron chi connectivity index (χ3n) is 10.8. The summed E-state index contributed by atoms with van der Waals surface area (Å²) in [6.07, 6.45) is 0. The van der Waals surface area contributed by atoms with Gasteiger partial charge in [-0.1, -0.05) is 140 Å². The number of hydrogen-bond donors (Lipinski definition) is 0. The van der Waals surface area contributed by atoms with Crippen LogP contribution in [0.1, 0.15) is 0 Å². The van der Waals surface area contributed by atoms with Gasteiger partial charge >= 0.3 is 0 Å². The van der Waals surface area contributed by atoms with E-state index in [-0.39, 0.29) is 0 Å². The number of hydrogen-bond acceptors (Lipinski definition) is 1. The highest BCUT2D eigenvalue weighted by Crippen LogP contribution is 2.40. The number of benzene rings is 10. The van der Waals surface area contributed by atoms with Crippen LogP contribution in [-0.4, -0.2) is 0 Å². The molecule has 0 aliphatic rings. The van der Waals surface area contributed by atoms with Crippen molar-refractivity contribution in [1.29, 1.82) is 0 Å². The van der Waals surface area contributed by atoms with Gasteiger partial charge in [0.2, 0.25) is 0 Å². The van der Waals surface area contributed by atoms with E-state index in [1.165, 1.54) is 76.1 Å². The average Bonchev–Trinajstić information content (AvgIpc) is 3.57. The lowest BCUT2D eigenvalue weighted by Crippen LogP contribution is -1.87. The second-order valence-corrected chi connectivity index (χ2v) is 13.7. The molecule has 10 aromatic carbocycles. The molecule has 0 radical (unpaired) electrons. The van der Waals surface area contributed by atoms with Gasteiger partial charge in [-0.15, -0.1) is 0 Å². The summed E-state index contributed by atoms with van der Waals surface area (Å²) in [4.78, 5) is 0. The monoisotopic (exact) mass is 646 g/mol. The maximum atomic E-state index is 6.56.